The van der Waals surface area contributed by atoms with Crippen molar-refractivity contribution in [1.29, 1.82) is 10.5 Å². The zero-order chi connectivity index (χ0) is 27.8. The van der Waals surface area contributed by atoms with Gasteiger partial charge < -0.3 is 14.0 Å². The molecular formula is C31H28N6O3. The molecule has 1 amide bonds. The third-order valence-corrected chi connectivity index (χ3v) is 7.82. The number of ether oxygens (including phenoxy) is 2. The van der Waals surface area contributed by atoms with E-state index in [1.54, 1.807) is 6.07 Å². The first-order valence-electron chi connectivity index (χ1n) is 13.5. The van der Waals surface area contributed by atoms with Gasteiger partial charge in [-0.05, 0) is 81.7 Å². The molecule has 2 saturated carbocycles. The quantitative estimate of drug-likeness (QED) is 0.271. The Balaban J connectivity index is 1.38. The number of aromatic nitrogens is 3. The third kappa shape index (κ3) is 4.71. The van der Waals surface area contributed by atoms with Gasteiger partial charge in [0.15, 0.2) is 0 Å². The summed E-state index contributed by atoms with van der Waals surface area (Å²) in [6.07, 6.45) is 7.73. The van der Waals surface area contributed by atoms with Gasteiger partial charge in [0.25, 0.3) is 5.88 Å². The summed E-state index contributed by atoms with van der Waals surface area (Å²) in [7, 11) is 0. The molecule has 0 unspecified atom stereocenters. The maximum atomic E-state index is 12.4. The third-order valence-electron chi connectivity index (χ3n) is 7.82. The Bertz CT molecular complexity index is 1700. The molecule has 40 heavy (non-hydrogen) atoms. The number of aryl methyl sites for hydroxylation is 1. The summed E-state index contributed by atoms with van der Waals surface area (Å²) in [4.78, 5) is 20.6. The normalized spacial score (nSPS) is 15.5. The van der Waals surface area contributed by atoms with Crippen LogP contribution in [0.2, 0.25) is 0 Å². The van der Waals surface area contributed by atoms with Gasteiger partial charge in [-0.1, -0.05) is 6.07 Å². The van der Waals surface area contributed by atoms with Crippen molar-refractivity contribution in [3.63, 3.8) is 0 Å². The van der Waals surface area contributed by atoms with Gasteiger partial charge in [0.2, 0.25) is 5.69 Å². The van der Waals surface area contributed by atoms with Crippen LogP contribution in [0.3, 0.4) is 0 Å². The molecule has 2 aromatic carbocycles. The van der Waals surface area contributed by atoms with Crippen LogP contribution in [-0.4, -0.2) is 26.7 Å². The first-order chi connectivity index (χ1) is 19.5. The van der Waals surface area contributed by atoms with E-state index in [0.717, 1.165) is 59.8 Å². The lowest BCUT2D eigenvalue weighted by molar-refractivity contribution is 0.108. The van der Waals surface area contributed by atoms with Crippen LogP contribution in [-0.2, 0) is 4.74 Å². The maximum Gasteiger partial charge on any atom is 0.411 e. The molecule has 2 fully saturated rings. The molecule has 2 heterocycles. The molecule has 4 aromatic rings. The Hall–Kier alpha value is -4.89. The minimum Gasteiger partial charge on any atom is -0.446 e. The lowest BCUT2D eigenvalue weighted by atomic mass is 9.91. The fourth-order valence-corrected chi connectivity index (χ4v) is 5.33. The van der Waals surface area contributed by atoms with Crippen LogP contribution >= 0.6 is 0 Å². The van der Waals surface area contributed by atoms with Crippen molar-refractivity contribution in [3.05, 3.63) is 65.6 Å². The maximum absolute atomic E-state index is 12.4. The van der Waals surface area contributed by atoms with Crippen molar-refractivity contribution in [2.45, 2.75) is 58.1 Å². The highest BCUT2D eigenvalue weighted by Crippen LogP contribution is 2.44. The minimum absolute atomic E-state index is 0.0916. The standard InChI is InChI=1S/C31H28N6O3/c1-18-14-21(36-31(38)39-19(2)20-6-7-20)8-10-24(18)29-26(16-32)25-11-9-23(15-28(25)37(29)22-4-3-5-22)40-30-27(17-33)34-12-13-35-30/h8-15,19-20,22H,3-7H2,1-2H3,(H,36,38)/t19-/m1/s1. The molecule has 0 saturated heterocycles. The number of amides is 1. The van der Waals surface area contributed by atoms with Gasteiger partial charge in [0.05, 0.1) is 16.8 Å². The van der Waals surface area contributed by atoms with Crippen molar-refractivity contribution >= 4 is 22.7 Å². The second-order valence-corrected chi connectivity index (χ2v) is 10.5. The Morgan fingerprint density at radius 3 is 2.55 bits per heavy atom. The second-order valence-electron chi connectivity index (χ2n) is 10.5. The zero-order valence-corrected chi connectivity index (χ0v) is 22.3. The number of nitrogens with zero attached hydrogens (tertiary/aromatic N) is 5. The summed E-state index contributed by atoms with van der Waals surface area (Å²) in [6.45, 7) is 3.91. The molecular weight excluding hydrogens is 504 g/mol. The molecule has 200 valence electrons. The van der Waals surface area contributed by atoms with Gasteiger partial charge in [0, 0.05) is 41.1 Å². The van der Waals surface area contributed by atoms with Gasteiger partial charge in [-0.3, -0.25) is 5.32 Å². The van der Waals surface area contributed by atoms with E-state index in [1.165, 1.54) is 12.4 Å². The number of hydrogen-bond acceptors (Lipinski definition) is 7. The van der Waals surface area contributed by atoms with Crippen LogP contribution in [0.15, 0.2) is 48.8 Å². The number of anilines is 1. The van der Waals surface area contributed by atoms with Crippen molar-refractivity contribution < 1.29 is 14.3 Å². The van der Waals surface area contributed by atoms with Crippen LogP contribution in [0.5, 0.6) is 11.6 Å². The van der Waals surface area contributed by atoms with Crippen LogP contribution in [0.25, 0.3) is 22.2 Å². The van der Waals surface area contributed by atoms with E-state index < -0.39 is 6.09 Å². The number of fused-ring (bicyclic) bond motifs is 1. The number of benzene rings is 2. The smallest absolute Gasteiger partial charge is 0.411 e. The molecule has 0 bridgehead atoms. The molecule has 6 rings (SSSR count). The van der Waals surface area contributed by atoms with Gasteiger partial charge >= 0.3 is 6.09 Å². The van der Waals surface area contributed by atoms with Gasteiger partial charge in [-0.25, -0.2) is 14.8 Å². The summed E-state index contributed by atoms with van der Waals surface area (Å²) in [5, 5.41) is 23.4. The SMILES string of the molecule is Cc1cc(NC(=O)O[C@H](C)C2CC2)ccc1-c1c(C#N)c2ccc(Oc3nccnc3C#N)cc2n1C1CCC1. The molecule has 9 nitrogen and oxygen atoms in total. The number of nitriles is 2. The first kappa shape index (κ1) is 25.4. The summed E-state index contributed by atoms with van der Waals surface area (Å²) < 4.78 is 13.7. The fourth-order valence-electron chi connectivity index (χ4n) is 5.33. The lowest BCUT2D eigenvalue weighted by Gasteiger charge is -2.30. The van der Waals surface area contributed by atoms with E-state index in [2.05, 4.69) is 25.9 Å². The molecule has 9 heteroatoms. The minimum atomic E-state index is -0.456. The Morgan fingerprint density at radius 1 is 1.07 bits per heavy atom. The Morgan fingerprint density at radius 2 is 1.88 bits per heavy atom. The molecule has 2 aromatic heterocycles. The Labute approximate surface area is 232 Å². The monoisotopic (exact) mass is 532 g/mol. The van der Waals surface area contributed by atoms with E-state index in [1.807, 2.05) is 50.2 Å². The topological polar surface area (TPSA) is 126 Å². The number of carbonyl (C=O) groups is 1. The molecule has 0 spiro atoms. The second kappa shape index (κ2) is 10.3. The zero-order valence-electron chi connectivity index (χ0n) is 22.3. The van der Waals surface area contributed by atoms with E-state index in [9.17, 15) is 15.3 Å². The summed E-state index contributed by atoms with van der Waals surface area (Å²) in [5.74, 6) is 1.11. The van der Waals surface area contributed by atoms with Crippen LogP contribution in [0.4, 0.5) is 10.5 Å². The summed E-state index contributed by atoms with van der Waals surface area (Å²) in [5.41, 5.74) is 4.93. The fraction of sp³-hybridized carbons (Fsp3) is 0.323. The highest BCUT2D eigenvalue weighted by molar-refractivity contribution is 5.96. The molecule has 1 N–H and O–H groups in total. The number of hydrogen-bond donors (Lipinski definition) is 1. The van der Waals surface area contributed by atoms with E-state index in [-0.39, 0.29) is 23.7 Å². The summed E-state index contributed by atoms with van der Waals surface area (Å²) in [6, 6.07) is 16.0. The molecule has 2 aliphatic rings. The van der Waals surface area contributed by atoms with Crippen molar-refractivity contribution in [2.24, 2.45) is 5.92 Å². The molecule has 0 aliphatic heterocycles. The van der Waals surface area contributed by atoms with E-state index in [4.69, 9.17) is 9.47 Å². The summed E-state index contributed by atoms with van der Waals surface area (Å²) >= 11 is 0. The van der Waals surface area contributed by atoms with Crippen molar-refractivity contribution in [1.82, 2.24) is 14.5 Å². The van der Waals surface area contributed by atoms with Gasteiger partial charge in [-0.2, -0.15) is 10.5 Å². The predicted molar refractivity (Wildman–Crippen MR) is 149 cm³/mol. The molecule has 0 radical (unpaired) electrons. The number of nitrogens with one attached hydrogen (secondary N) is 1. The highest BCUT2D eigenvalue weighted by Gasteiger charge is 2.31. The van der Waals surface area contributed by atoms with Gasteiger partial charge in [-0.15, -0.1) is 0 Å². The van der Waals surface area contributed by atoms with Crippen LogP contribution in [0.1, 0.15) is 61.9 Å². The number of carbonyl (C=O) groups excluding carboxylic acids is 1. The molecule has 1 atom stereocenters. The number of rotatable bonds is 7. The Kier molecular flexibility index (Phi) is 6.57. The van der Waals surface area contributed by atoms with Gasteiger partial charge in [0.1, 0.15) is 24.0 Å². The first-order valence-corrected chi connectivity index (χ1v) is 13.5. The highest BCUT2D eigenvalue weighted by atomic mass is 16.6. The predicted octanol–water partition coefficient (Wildman–Crippen LogP) is 7.01. The lowest BCUT2D eigenvalue weighted by Crippen LogP contribution is -2.21. The average molecular weight is 533 g/mol. The van der Waals surface area contributed by atoms with Crippen molar-refractivity contribution in [2.75, 3.05) is 5.32 Å². The van der Waals surface area contributed by atoms with E-state index in [0.29, 0.717) is 22.9 Å². The van der Waals surface area contributed by atoms with Crippen LogP contribution < -0.4 is 10.1 Å². The van der Waals surface area contributed by atoms with Crippen molar-refractivity contribution in [3.8, 4) is 35.0 Å². The molecule has 2 aliphatic carbocycles. The van der Waals surface area contributed by atoms with Crippen LogP contribution in [0, 0.1) is 35.5 Å². The average Bonchev–Trinajstić information content (AvgIpc) is 3.72. The van der Waals surface area contributed by atoms with E-state index >= 15 is 0 Å². The largest absolute Gasteiger partial charge is 0.446 e.